The van der Waals surface area contributed by atoms with Crippen LogP contribution in [0.3, 0.4) is 0 Å². The molecule has 4 heteroatoms. The van der Waals surface area contributed by atoms with E-state index in [1.54, 1.807) is 11.9 Å². The second-order valence-corrected chi connectivity index (χ2v) is 5.71. The average Bonchev–Trinajstić information content (AvgIpc) is 2.39. The molecule has 1 aliphatic carbocycles. The van der Waals surface area contributed by atoms with Crippen LogP contribution in [0, 0.1) is 0 Å². The van der Waals surface area contributed by atoms with Crippen LogP contribution in [0.4, 0.5) is 4.79 Å². The number of ketones is 1. The Labute approximate surface area is 103 Å². The van der Waals surface area contributed by atoms with Gasteiger partial charge in [-0.15, -0.1) is 0 Å². The highest BCUT2D eigenvalue weighted by Gasteiger charge is 2.26. The number of Topliss-reactive ketones (excluding diaryl/α,β-unsaturated/α-hetero) is 1. The maximum absolute atomic E-state index is 11.9. The Morgan fingerprint density at radius 1 is 1.29 bits per heavy atom. The third-order valence-corrected chi connectivity index (χ3v) is 2.98. The van der Waals surface area contributed by atoms with E-state index < -0.39 is 5.60 Å². The molecule has 0 radical (unpaired) electrons. The van der Waals surface area contributed by atoms with Crippen LogP contribution in [-0.2, 0) is 9.53 Å². The molecule has 17 heavy (non-hydrogen) atoms. The molecule has 0 spiro atoms. The summed E-state index contributed by atoms with van der Waals surface area (Å²) >= 11 is 0. The quantitative estimate of drug-likeness (QED) is 0.663. The number of carbonyl (C=O) groups is 2. The summed E-state index contributed by atoms with van der Waals surface area (Å²) in [5.41, 5.74) is -0.466. The Morgan fingerprint density at radius 2 is 1.94 bits per heavy atom. The zero-order chi connectivity index (χ0) is 13.1. The van der Waals surface area contributed by atoms with Gasteiger partial charge in [0.15, 0.2) is 0 Å². The van der Waals surface area contributed by atoms with Crippen molar-refractivity contribution in [2.45, 2.75) is 64.5 Å². The molecule has 0 saturated heterocycles. The number of hydrogen-bond acceptors (Lipinski definition) is 3. The fourth-order valence-corrected chi connectivity index (χ4v) is 2.00. The lowest BCUT2D eigenvalue weighted by atomic mass is 10.1. The van der Waals surface area contributed by atoms with Gasteiger partial charge < -0.3 is 9.64 Å². The second kappa shape index (κ2) is 5.52. The molecule has 1 aliphatic rings. The van der Waals surface area contributed by atoms with Crippen LogP contribution in [0.15, 0.2) is 0 Å². The SMILES string of the molecule is CN(C(=O)OC(C)(C)C)C1CCCC(=O)CC1. The molecule has 1 amide bonds. The van der Waals surface area contributed by atoms with Crippen molar-refractivity contribution in [1.29, 1.82) is 0 Å². The summed E-state index contributed by atoms with van der Waals surface area (Å²) in [6, 6.07) is 0.135. The minimum Gasteiger partial charge on any atom is -0.444 e. The predicted molar refractivity (Wildman–Crippen MR) is 65.9 cm³/mol. The van der Waals surface area contributed by atoms with Gasteiger partial charge in [0, 0.05) is 25.9 Å². The van der Waals surface area contributed by atoms with E-state index in [0.717, 1.165) is 19.3 Å². The molecule has 98 valence electrons. The monoisotopic (exact) mass is 241 g/mol. The van der Waals surface area contributed by atoms with Crippen LogP contribution in [0.5, 0.6) is 0 Å². The first-order valence-corrected chi connectivity index (χ1v) is 6.27. The molecule has 1 rings (SSSR count). The molecule has 0 bridgehead atoms. The fraction of sp³-hybridized carbons (Fsp3) is 0.846. The molecule has 0 heterocycles. The van der Waals surface area contributed by atoms with E-state index in [4.69, 9.17) is 4.74 Å². The molecule has 1 atom stereocenters. The van der Waals surface area contributed by atoms with Crippen LogP contribution in [0.2, 0.25) is 0 Å². The van der Waals surface area contributed by atoms with Crippen molar-refractivity contribution >= 4 is 11.9 Å². The third kappa shape index (κ3) is 4.75. The van der Waals surface area contributed by atoms with Gasteiger partial charge >= 0.3 is 6.09 Å². The van der Waals surface area contributed by atoms with Crippen LogP contribution >= 0.6 is 0 Å². The van der Waals surface area contributed by atoms with Crippen LogP contribution < -0.4 is 0 Å². The van der Waals surface area contributed by atoms with Crippen molar-refractivity contribution in [3.8, 4) is 0 Å². The van der Waals surface area contributed by atoms with Gasteiger partial charge in [-0.05, 0) is 40.0 Å². The van der Waals surface area contributed by atoms with Gasteiger partial charge in [-0.25, -0.2) is 4.79 Å². The third-order valence-electron chi connectivity index (χ3n) is 2.98. The van der Waals surface area contributed by atoms with Crippen molar-refractivity contribution in [2.24, 2.45) is 0 Å². The number of nitrogens with zero attached hydrogens (tertiary/aromatic N) is 1. The largest absolute Gasteiger partial charge is 0.444 e. The van der Waals surface area contributed by atoms with Crippen LogP contribution in [0.1, 0.15) is 52.9 Å². The standard InChI is InChI=1S/C13H23NO3/c1-13(2,3)17-12(16)14(4)10-6-5-7-11(15)9-8-10/h10H,5-9H2,1-4H3. The molecule has 4 nitrogen and oxygen atoms in total. The Balaban J connectivity index is 2.53. The minimum atomic E-state index is -0.466. The number of carbonyl (C=O) groups excluding carboxylic acids is 2. The molecule has 0 N–H and O–H groups in total. The van der Waals surface area contributed by atoms with Gasteiger partial charge in [-0.3, -0.25) is 4.79 Å². The Bertz CT molecular complexity index is 294. The Kier molecular flexibility index (Phi) is 4.54. The zero-order valence-electron chi connectivity index (χ0n) is 11.3. The van der Waals surface area contributed by atoms with Crippen molar-refractivity contribution in [3.05, 3.63) is 0 Å². The Morgan fingerprint density at radius 3 is 2.53 bits per heavy atom. The van der Waals surface area contributed by atoms with E-state index in [0.29, 0.717) is 18.6 Å². The highest BCUT2D eigenvalue weighted by molar-refractivity contribution is 5.78. The number of hydrogen-bond donors (Lipinski definition) is 0. The summed E-state index contributed by atoms with van der Waals surface area (Å²) in [6.45, 7) is 5.57. The predicted octanol–water partition coefficient (Wildman–Crippen LogP) is 2.76. The highest BCUT2D eigenvalue weighted by atomic mass is 16.6. The van der Waals surface area contributed by atoms with Gasteiger partial charge in [0.25, 0.3) is 0 Å². The van der Waals surface area contributed by atoms with E-state index in [1.165, 1.54) is 0 Å². The van der Waals surface area contributed by atoms with Gasteiger partial charge in [0.1, 0.15) is 11.4 Å². The fourth-order valence-electron chi connectivity index (χ4n) is 2.00. The average molecular weight is 241 g/mol. The second-order valence-electron chi connectivity index (χ2n) is 5.71. The maximum atomic E-state index is 11.9. The summed E-state index contributed by atoms with van der Waals surface area (Å²) in [5.74, 6) is 0.310. The molecular formula is C13H23NO3. The van der Waals surface area contributed by atoms with Crippen LogP contribution in [-0.4, -0.2) is 35.5 Å². The maximum Gasteiger partial charge on any atom is 0.410 e. The summed E-state index contributed by atoms with van der Waals surface area (Å²) in [4.78, 5) is 24.8. The molecule has 0 aliphatic heterocycles. The van der Waals surface area contributed by atoms with Gasteiger partial charge in [0.05, 0.1) is 0 Å². The van der Waals surface area contributed by atoms with E-state index in [9.17, 15) is 9.59 Å². The highest BCUT2D eigenvalue weighted by Crippen LogP contribution is 2.21. The summed E-state index contributed by atoms with van der Waals surface area (Å²) in [7, 11) is 1.76. The van der Waals surface area contributed by atoms with E-state index >= 15 is 0 Å². The van der Waals surface area contributed by atoms with E-state index in [2.05, 4.69) is 0 Å². The lowest BCUT2D eigenvalue weighted by Crippen LogP contribution is -2.40. The van der Waals surface area contributed by atoms with Gasteiger partial charge in [-0.1, -0.05) is 0 Å². The number of amides is 1. The Hall–Kier alpha value is -1.06. The first kappa shape index (κ1) is 14.0. The minimum absolute atomic E-state index is 0.135. The first-order chi connectivity index (χ1) is 7.79. The molecule has 0 aromatic carbocycles. The van der Waals surface area contributed by atoms with Gasteiger partial charge in [-0.2, -0.15) is 0 Å². The van der Waals surface area contributed by atoms with E-state index in [1.807, 2.05) is 20.8 Å². The molecule has 1 saturated carbocycles. The molecule has 1 unspecified atom stereocenters. The zero-order valence-corrected chi connectivity index (χ0v) is 11.3. The number of rotatable bonds is 1. The van der Waals surface area contributed by atoms with Crippen molar-refractivity contribution in [1.82, 2.24) is 4.90 Å². The smallest absolute Gasteiger partial charge is 0.410 e. The van der Waals surface area contributed by atoms with E-state index in [-0.39, 0.29) is 12.1 Å². The molecule has 0 aromatic rings. The number of ether oxygens (including phenoxy) is 1. The summed E-state index contributed by atoms with van der Waals surface area (Å²) < 4.78 is 5.32. The first-order valence-electron chi connectivity index (χ1n) is 6.27. The lowest BCUT2D eigenvalue weighted by molar-refractivity contribution is -0.119. The molecule has 0 aromatic heterocycles. The lowest BCUT2D eigenvalue weighted by Gasteiger charge is -2.30. The van der Waals surface area contributed by atoms with Crippen molar-refractivity contribution in [3.63, 3.8) is 0 Å². The van der Waals surface area contributed by atoms with Gasteiger partial charge in [0.2, 0.25) is 0 Å². The topological polar surface area (TPSA) is 46.6 Å². The van der Waals surface area contributed by atoms with Crippen molar-refractivity contribution < 1.29 is 14.3 Å². The van der Waals surface area contributed by atoms with Crippen molar-refractivity contribution in [2.75, 3.05) is 7.05 Å². The normalized spacial score (nSPS) is 21.9. The molecule has 1 fully saturated rings. The summed E-state index contributed by atoms with van der Waals surface area (Å²) in [5, 5.41) is 0. The van der Waals surface area contributed by atoms with Crippen LogP contribution in [0.25, 0.3) is 0 Å². The summed E-state index contributed by atoms with van der Waals surface area (Å²) in [6.07, 6.45) is 3.46. The molecular weight excluding hydrogens is 218 g/mol.